The average Bonchev–Trinajstić information content (AvgIpc) is 2.41. The van der Waals surface area contributed by atoms with Crippen molar-refractivity contribution in [1.82, 2.24) is 4.90 Å². The second kappa shape index (κ2) is 6.68. The Morgan fingerprint density at radius 2 is 1.95 bits per heavy atom. The number of rotatable bonds is 5. The number of aliphatic hydroxyl groups is 1. The highest BCUT2D eigenvalue weighted by Crippen LogP contribution is 2.17. The third kappa shape index (κ3) is 3.78. The van der Waals surface area contributed by atoms with Crippen LogP contribution in [0.25, 0.3) is 0 Å². The van der Waals surface area contributed by atoms with Crippen LogP contribution in [0, 0.1) is 20.8 Å². The first-order valence-corrected chi connectivity index (χ1v) is 6.55. The Hall–Kier alpha value is -1.39. The number of nitrogens with two attached hydrogens (primary N) is 1. The molecule has 0 radical (unpaired) electrons. The van der Waals surface area contributed by atoms with Crippen molar-refractivity contribution >= 4 is 5.91 Å². The van der Waals surface area contributed by atoms with Crippen LogP contribution in [0.4, 0.5) is 0 Å². The quantitative estimate of drug-likeness (QED) is 0.831. The molecule has 3 N–H and O–H groups in total. The minimum Gasteiger partial charge on any atom is -0.394 e. The summed E-state index contributed by atoms with van der Waals surface area (Å²) >= 11 is 0. The van der Waals surface area contributed by atoms with Gasteiger partial charge >= 0.3 is 0 Å². The lowest BCUT2D eigenvalue weighted by atomic mass is 9.97. The van der Waals surface area contributed by atoms with Crippen LogP contribution in [-0.2, 0) is 11.2 Å². The zero-order valence-corrected chi connectivity index (χ0v) is 12.2. The van der Waals surface area contributed by atoms with Crippen LogP contribution in [0.3, 0.4) is 0 Å². The van der Waals surface area contributed by atoms with Crippen molar-refractivity contribution < 1.29 is 9.90 Å². The van der Waals surface area contributed by atoms with Gasteiger partial charge in [0, 0.05) is 13.6 Å². The Labute approximate surface area is 115 Å². The van der Waals surface area contributed by atoms with Crippen molar-refractivity contribution in [3.05, 3.63) is 34.4 Å². The number of nitrogens with zero attached hydrogens (tertiary/aromatic N) is 1. The monoisotopic (exact) mass is 264 g/mol. The van der Waals surface area contributed by atoms with E-state index in [1.165, 1.54) is 22.3 Å². The van der Waals surface area contributed by atoms with Gasteiger partial charge in [-0.1, -0.05) is 12.1 Å². The molecule has 0 saturated carbocycles. The van der Waals surface area contributed by atoms with Gasteiger partial charge in [0.2, 0.25) is 5.91 Å². The Kier molecular flexibility index (Phi) is 5.51. The van der Waals surface area contributed by atoms with Gasteiger partial charge in [0.15, 0.2) is 0 Å². The van der Waals surface area contributed by atoms with E-state index in [2.05, 4.69) is 32.9 Å². The van der Waals surface area contributed by atoms with Crippen molar-refractivity contribution in [2.45, 2.75) is 33.2 Å². The summed E-state index contributed by atoms with van der Waals surface area (Å²) in [6, 6.07) is 3.41. The van der Waals surface area contributed by atoms with E-state index in [0.717, 1.165) is 6.42 Å². The molecule has 1 rings (SSSR count). The van der Waals surface area contributed by atoms with Gasteiger partial charge in [0.05, 0.1) is 6.61 Å². The molecule has 1 amide bonds. The molecule has 0 bridgehead atoms. The lowest BCUT2D eigenvalue weighted by Crippen LogP contribution is -2.44. The number of amides is 1. The molecule has 1 atom stereocenters. The smallest absolute Gasteiger partial charge is 0.241 e. The van der Waals surface area contributed by atoms with E-state index in [9.17, 15) is 4.79 Å². The van der Waals surface area contributed by atoms with Crippen LogP contribution in [0.15, 0.2) is 12.1 Å². The maximum absolute atomic E-state index is 11.7. The number of benzene rings is 1. The minimum atomic E-state index is -0.814. The molecule has 0 aliphatic heterocycles. The van der Waals surface area contributed by atoms with Crippen LogP contribution in [0.1, 0.15) is 22.3 Å². The van der Waals surface area contributed by atoms with Crippen LogP contribution in [0.2, 0.25) is 0 Å². The fourth-order valence-electron chi connectivity index (χ4n) is 2.04. The third-order valence-electron chi connectivity index (χ3n) is 3.78. The van der Waals surface area contributed by atoms with Gasteiger partial charge in [-0.15, -0.1) is 0 Å². The maximum atomic E-state index is 11.7. The maximum Gasteiger partial charge on any atom is 0.241 e. The van der Waals surface area contributed by atoms with Crippen molar-refractivity contribution in [2.75, 3.05) is 20.2 Å². The van der Waals surface area contributed by atoms with Crippen LogP contribution >= 0.6 is 0 Å². The topological polar surface area (TPSA) is 66.6 Å². The van der Waals surface area contributed by atoms with Gasteiger partial charge in [-0.2, -0.15) is 0 Å². The van der Waals surface area contributed by atoms with Crippen molar-refractivity contribution in [3.63, 3.8) is 0 Å². The Balaban J connectivity index is 2.67. The highest BCUT2D eigenvalue weighted by Gasteiger charge is 2.17. The lowest BCUT2D eigenvalue weighted by molar-refractivity contribution is -0.132. The molecule has 19 heavy (non-hydrogen) atoms. The second-order valence-electron chi connectivity index (χ2n) is 5.09. The SMILES string of the molecule is Cc1ccc(CCN(C)C(=O)C(N)CO)c(C)c1C. The minimum absolute atomic E-state index is 0.219. The summed E-state index contributed by atoms with van der Waals surface area (Å²) in [4.78, 5) is 13.3. The van der Waals surface area contributed by atoms with E-state index in [-0.39, 0.29) is 12.5 Å². The van der Waals surface area contributed by atoms with Gasteiger partial charge in [0.25, 0.3) is 0 Å². The molecule has 0 spiro atoms. The van der Waals surface area contributed by atoms with E-state index in [4.69, 9.17) is 10.8 Å². The fraction of sp³-hybridized carbons (Fsp3) is 0.533. The molecule has 106 valence electrons. The lowest BCUT2D eigenvalue weighted by Gasteiger charge is -2.21. The molecular formula is C15H24N2O2. The molecule has 1 unspecified atom stereocenters. The molecule has 0 heterocycles. The van der Waals surface area contributed by atoms with Crippen LogP contribution in [0.5, 0.6) is 0 Å². The first kappa shape index (κ1) is 15.7. The van der Waals surface area contributed by atoms with Crippen LogP contribution < -0.4 is 5.73 Å². The molecule has 0 fully saturated rings. The van der Waals surface area contributed by atoms with E-state index in [1.807, 2.05) is 0 Å². The Bertz CT molecular complexity index is 458. The van der Waals surface area contributed by atoms with E-state index >= 15 is 0 Å². The molecule has 1 aromatic rings. The zero-order chi connectivity index (χ0) is 14.6. The summed E-state index contributed by atoms with van der Waals surface area (Å²) < 4.78 is 0. The normalized spacial score (nSPS) is 12.3. The number of aliphatic hydroxyl groups excluding tert-OH is 1. The molecule has 0 aromatic heterocycles. The molecule has 1 aromatic carbocycles. The number of carbonyl (C=O) groups excluding carboxylic acids is 1. The molecular weight excluding hydrogens is 240 g/mol. The number of aryl methyl sites for hydroxylation is 1. The second-order valence-corrected chi connectivity index (χ2v) is 5.09. The first-order valence-electron chi connectivity index (χ1n) is 6.55. The van der Waals surface area contributed by atoms with E-state index in [0.29, 0.717) is 6.54 Å². The largest absolute Gasteiger partial charge is 0.394 e. The number of hydrogen-bond donors (Lipinski definition) is 2. The average molecular weight is 264 g/mol. The summed E-state index contributed by atoms with van der Waals surface area (Å²) in [6.45, 7) is 6.62. The van der Waals surface area contributed by atoms with Gasteiger partial charge in [-0.25, -0.2) is 0 Å². The van der Waals surface area contributed by atoms with Gasteiger partial charge in [-0.05, 0) is 49.4 Å². The predicted octanol–water partition coefficient (Wildman–Crippen LogP) is 0.932. The highest BCUT2D eigenvalue weighted by atomic mass is 16.3. The number of hydrogen-bond acceptors (Lipinski definition) is 3. The summed E-state index contributed by atoms with van der Waals surface area (Å²) in [5.41, 5.74) is 10.6. The van der Waals surface area contributed by atoms with Gasteiger partial charge in [-0.3, -0.25) is 4.79 Å². The number of likely N-dealkylation sites (N-methyl/N-ethyl adjacent to an activating group) is 1. The number of carbonyl (C=O) groups is 1. The van der Waals surface area contributed by atoms with E-state index < -0.39 is 6.04 Å². The molecule has 0 aliphatic rings. The Morgan fingerprint density at radius 1 is 1.32 bits per heavy atom. The summed E-state index contributed by atoms with van der Waals surface area (Å²) in [5, 5.41) is 8.88. The summed E-state index contributed by atoms with van der Waals surface area (Å²) in [6.07, 6.45) is 0.799. The van der Waals surface area contributed by atoms with Gasteiger partial charge < -0.3 is 15.7 Å². The summed E-state index contributed by atoms with van der Waals surface area (Å²) in [5.74, 6) is -0.219. The highest BCUT2D eigenvalue weighted by molar-refractivity contribution is 5.81. The summed E-state index contributed by atoms with van der Waals surface area (Å²) in [7, 11) is 1.72. The Morgan fingerprint density at radius 3 is 2.53 bits per heavy atom. The van der Waals surface area contributed by atoms with Crippen molar-refractivity contribution in [1.29, 1.82) is 0 Å². The first-order chi connectivity index (χ1) is 8.88. The third-order valence-corrected chi connectivity index (χ3v) is 3.78. The van der Waals surface area contributed by atoms with Crippen molar-refractivity contribution in [3.8, 4) is 0 Å². The fourth-order valence-corrected chi connectivity index (χ4v) is 2.04. The van der Waals surface area contributed by atoms with Crippen molar-refractivity contribution in [2.24, 2.45) is 5.73 Å². The predicted molar refractivity (Wildman–Crippen MR) is 77.1 cm³/mol. The molecule has 0 saturated heterocycles. The zero-order valence-electron chi connectivity index (χ0n) is 12.2. The molecule has 0 aliphatic carbocycles. The molecule has 4 heteroatoms. The molecule has 4 nitrogen and oxygen atoms in total. The standard InChI is InChI=1S/C15H24N2O2/c1-10-5-6-13(12(3)11(10)2)7-8-17(4)15(19)14(16)9-18/h5-6,14,18H,7-9,16H2,1-4H3. The van der Waals surface area contributed by atoms with Crippen LogP contribution in [-0.4, -0.2) is 42.2 Å². The van der Waals surface area contributed by atoms with Gasteiger partial charge in [0.1, 0.15) is 6.04 Å². The van der Waals surface area contributed by atoms with E-state index in [1.54, 1.807) is 11.9 Å².